The molecule has 1 aliphatic rings. The van der Waals surface area contributed by atoms with E-state index in [0.29, 0.717) is 29.8 Å². The van der Waals surface area contributed by atoms with Gasteiger partial charge in [-0.1, -0.05) is 31.2 Å². The summed E-state index contributed by atoms with van der Waals surface area (Å²) in [5, 5.41) is 6.28. The third-order valence-electron chi connectivity index (χ3n) is 6.41. The van der Waals surface area contributed by atoms with Gasteiger partial charge in [-0.3, -0.25) is 0 Å². The number of hydrogen-bond donors (Lipinski definition) is 3. The van der Waals surface area contributed by atoms with Gasteiger partial charge in [-0.2, -0.15) is 0 Å². The topological polar surface area (TPSA) is 95.8 Å². The van der Waals surface area contributed by atoms with E-state index in [2.05, 4.69) is 53.2 Å². The Morgan fingerprint density at radius 1 is 1.24 bits per heavy atom. The van der Waals surface area contributed by atoms with E-state index in [1.807, 2.05) is 56.3 Å². The molecule has 0 amide bonds. The van der Waals surface area contributed by atoms with Crippen LogP contribution in [-0.4, -0.2) is 57.1 Å². The Bertz CT molecular complexity index is 1090. The number of anilines is 3. The van der Waals surface area contributed by atoms with E-state index in [-0.39, 0.29) is 0 Å². The van der Waals surface area contributed by atoms with Crippen molar-refractivity contribution in [2.75, 3.05) is 56.9 Å². The van der Waals surface area contributed by atoms with E-state index in [9.17, 15) is 4.79 Å². The van der Waals surface area contributed by atoms with Gasteiger partial charge in [0.05, 0.1) is 18.0 Å². The zero-order chi connectivity index (χ0) is 27.9. The molecule has 0 bridgehead atoms. The summed E-state index contributed by atoms with van der Waals surface area (Å²) in [5.74, 6) is 2.46. The highest BCUT2D eigenvalue weighted by molar-refractivity contribution is 5.69. The summed E-state index contributed by atoms with van der Waals surface area (Å²) < 4.78 is 5.89. The highest BCUT2D eigenvalue weighted by atomic mass is 16.5. The first kappa shape index (κ1) is 30.4. The van der Waals surface area contributed by atoms with E-state index in [4.69, 9.17) is 10.5 Å². The molecular weight excluding hydrogens is 476 g/mol. The molecule has 0 atom stereocenters. The molecule has 38 heavy (non-hydrogen) atoms. The largest absolute Gasteiger partial charge is 0.457 e. The van der Waals surface area contributed by atoms with Gasteiger partial charge < -0.3 is 35.7 Å². The SMILES string of the molecule is C=C(/C=C\C(=C/C)CC)NCN(C)c1ccc(Oc2ccnc(NC)c2)cc1N.CN1CCC(C=O)CC1. The quantitative estimate of drug-likeness (QED) is 0.156. The minimum atomic E-state index is 0.348. The second-order valence-corrected chi connectivity index (χ2v) is 9.33. The summed E-state index contributed by atoms with van der Waals surface area (Å²) in [6.07, 6.45) is 12.1. The number of rotatable bonds is 11. The number of aromatic nitrogens is 1. The number of nitrogens with one attached hydrogen (secondary N) is 2. The Morgan fingerprint density at radius 2 is 1.95 bits per heavy atom. The maximum Gasteiger partial charge on any atom is 0.132 e. The van der Waals surface area contributed by atoms with Gasteiger partial charge in [0.2, 0.25) is 0 Å². The van der Waals surface area contributed by atoms with Crippen molar-refractivity contribution in [1.82, 2.24) is 15.2 Å². The van der Waals surface area contributed by atoms with Crippen molar-refractivity contribution in [3.05, 3.63) is 72.6 Å². The number of aldehydes is 1. The molecule has 1 aliphatic heterocycles. The number of carbonyl (C=O) groups excluding carboxylic acids is 1. The van der Waals surface area contributed by atoms with Gasteiger partial charge in [-0.05, 0) is 70.6 Å². The van der Waals surface area contributed by atoms with Gasteiger partial charge in [-0.15, -0.1) is 0 Å². The summed E-state index contributed by atoms with van der Waals surface area (Å²) in [4.78, 5) is 18.7. The molecule has 8 heteroatoms. The Labute approximate surface area is 228 Å². The summed E-state index contributed by atoms with van der Waals surface area (Å²) in [6.45, 7) is 11.0. The van der Waals surface area contributed by atoms with Gasteiger partial charge in [0.1, 0.15) is 23.6 Å². The lowest BCUT2D eigenvalue weighted by atomic mass is 9.99. The number of likely N-dealkylation sites (tertiary alicyclic amines) is 1. The van der Waals surface area contributed by atoms with Crippen molar-refractivity contribution in [3.8, 4) is 11.5 Å². The molecule has 2 heterocycles. The summed E-state index contributed by atoms with van der Waals surface area (Å²) in [5.41, 5.74) is 9.93. The van der Waals surface area contributed by atoms with Gasteiger partial charge in [0.25, 0.3) is 0 Å². The number of nitrogens with two attached hydrogens (primary N) is 1. The Kier molecular flexibility index (Phi) is 12.9. The number of carbonyl (C=O) groups is 1. The third-order valence-corrected chi connectivity index (χ3v) is 6.41. The standard InChI is InChI=1S/C23H31N5O.C7H13NO/c1-6-18(7-2)9-8-17(3)27-16-28(5)22-11-10-19(14-21(22)24)29-20-12-13-26-23(15-20)25-4;1-8-4-2-7(6-9)3-5-8/h6,8-15,27H,3,7,16,24H2,1-2,4-5H3,(H,25,26);6-7H,2-5H2,1H3/b9-8-,18-6-;. The van der Waals surface area contributed by atoms with Crippen molar-refractivity contribution in [2.45, 2.75) is 33.1 Å². The highest BCUT2D eigenvalue weighted by Crippen LogP contribution is 2.30. The normalized spacial score (nSPS) is 14.4. The molecule has 0 saturated carbocycles. The third kappa shape index (κ3) is 10.3. The first-order chi connectivity index (χ1) is 18.3. The van der Waals surface area contributed by atoms with Crippen LogP contribution in [0.15, 0.2) is 72.6 Å². The van der Waals surface area contributed by atoms with Gasteiger partial charge in [0.15, 0.2) is 0 Å². The van der Waals surface area contributed by atoms with Crippen LogP contribution in [0.1, 0.15) is 33.1 Å². The minimum absolute atomic E-state index is 0.348. The van der Waals surface area contributed by atoms with E-state index in [0.717, 1.165) is 55.8 Å². The molecule has 0 radical (unpaired) electrons. The lowest BCUT2D eigenvalue weighted by Gasteiger charge is -2.25. The number of piperidine rings is 1. The maximum absolute atomic E-state index is 10.2. The molecule has 4 N–H and O–H groups in total. The van der Waals surface area contributed by atoms with Gasteiger partial charge in [-0.25, -0.2) is 4.98 Å². The number of hydrogen-bond acceptors (Lipinski definition) is 8. The Balaban J connectivity index is 0.000000474. The molecule has 1 aromatic carbocycles. The van der Waals surface area contributed by atoms with Crippen molar-refractivity contribution >= 4 is 23.5 Å². The molecule has 1 fully saturated rings. The van der Waals surface area contributed by atoms with Crippen LogP contribution in [0.5, 0.6) is 11.5 Å². The fourth-order valence-electron chi connectivity index (χ4n) is 3.85. The highest BCUT2D eigenvalue weighted by Gasteiger charge is 2.14. The fourth-order valence-corrected chi connectivity index (χ4v) is 3.85. The minimum Gasteiger partial charge on any atom is -0.457 e. The van der Waals surface area contributed by atoms with E-state index < -0.39 is 0 Å². The fraction of sp³-hybridized carbons (Fsp3) is 0.400. The molecule has 206 valence electrons. The molecule has 8 nitrogen and oxygen atoms in total. The van der Waals surface area contributed by atoms with E-state index in [1.165, 1.54) is 5.57 Å². The van der Waals surface area contributed by atoms with Crippen LogP contribution in [0.3, 0.4) is 0 Å². The van der Waals surface area contributed by atoms with Crippen molar-refractivity contribution in [1.29, 1.82) is 0 Å². The maximum atomic E-state index is 10.2. The van der Waals surface area contributed by atoms with E-state index >= 15 is 0 Å². The number of allylic oxidation sites excluding steroid dienone is 4. The first-order valence-corrected chi connectivity index (χ1v) is 13.1. The number of pyridine rings is 1. The number of ether oxygens (including phenoxy) is 1. The van der Waals surface area contributed by atoms with Gasteiger partial charge >= 0.3 is 0 Å². The molecule has 1 aromatic heterocycles. The lowest BCUT2D eigenvalue weighted by Crippen LogP contribution is -2.30. The number of nitrogen functional groups attached to an aromatic ring is 1. The van der Waals surface area contributed by atoms with Crippen molar-refractivity contribution in [2.24, 2.45) is 5.92 Å². The van der Waals surface area contributed by atoms with Crippen LogP contribution in [0.2, 0.25) is 0 Å². The predicted octanol–water partition coefficient (Wildman–Crippen LogP) is 5.43. The first-order valence-electron chi connectivity index (χ1n) is 13.1. The molecule has 1 saturated heterocycles. The van der Waals surface area contributed by atoms with Crippen LogP contribution < -0.4 is 26.0 Å². The van der Waals surface area contributed by atoms with Crippen molar-refractivity contribution in [3.63, 3.8) is 0 Å². The van der Waals surface area contributed by atoms with E-state index in [1.54, 1.807) is 12.3 Å². The average Bonchev–Trinajstić information content (AvgIpc) is 2.93. The monoisotopic (exact) mass is 520 g/mol. The second kappa shape index (κ2) is 16.1. The molecule has 2 aromatic rings. The predicted molar refractivity (Wildman–Crippen MR) is 160 cm³/mol. The van der Waals surface area contributed by atoms with Crippen LogP contribution in [-0.2, 0) is 4.79 Å². The summed E-state index contributed by atoms with van der Waals surface area (Å²) in [6, 6.07) is 9.30. The molecule has 3 rings (SSSR count). The second-order valence-electron chi connectivity index (χ2n) is 9.33. The van der Waals surface area contributed by atoms with Crippen LogP contribution in [0, 0.1) is 5.92 Å². The number of nitrogens with zero attached hydrogens (tertiary/aromatic N) is 3. The average molecular weight is 521 g/mol. The number of benzene rings is 1. The zero-order valence-electron chi connectivity index (χ0n) is 23.5. The molecule has 0 spiro atoms. The van der Waals surface area contributed by atoms with Gasteiger partial charge in [0, 0.05) is 44.0 Å². The lowest BCUT2D eigenvalue weighted by molar-refractivity contribution is -0.112. The Morgan fingerprint density at radius 3 is 2.55 bits per heavy atom. The summed E-state index contributed by atoms with van der Waals surface area (Å²) in [7, 11) is 5.89. The summed E-state index contributed by atoms with van der Waals surface area (Å²) >= 11 is 0. The molecule has 0 aliphatic carbocycles. The van der Waals surface area contributed by atoms with Crippen LogP contribution in [0.4, 0.5) is 17.2 Å². The Hall–Kier alpha value is -3.78. The molecular formula is C30H44N6O2. The smallest absolute Gasteiger partial charge is 0.132 e. The zero-order valence-corrected chi connectivity index (χ0v) is 23.5. The molecule has 0 unspecified atom stereocenters. The van der Waals surface area contributed by atoms with Crippen LogP contribution in [0.25, 0.3) is 0 Å². The van der Waals surface area contributed by atoms with Crippen molar-refractivity contribution < 1.29 is 9.53 Å². The van der Waals surface area contributed by atoms with Crippen LogP contribution >= 0.6 is 0 Å².